The Balaban J connectivity index is 1.55. The smallest absolute Gasteiger partial charge is 0.127 e. The normalized spacial score (nSPS) is 22.3. The highest BCUT2D eigenvalue weighted by Gasteiger charge is 2.29. The van der Waals surface area contributed by atoms with Crippen LogP contribution in [0.5, 0.6) is 5.75 Å². The second kappa shape index (κ2) is 6.95. The van der Waals surface area contributed by atoms with E-state index in [-0.39, 0.29) is 6.10 Å². The fourth-order valence-electron chi connectivity index (χ4n) is 2.89. The third kappa shape index (κ3) is 4.08. The third-order valence-corrected chi connectivity index (χ3v) is 4.55. The molecule has 2 aromatic rings. The van der Waals surface area contributed by atoms with E-state index in [4.69, 9.17) is 20.8 Å². The van der Waals surface area contributed by atoms with Crippen LogP contribution < -0.4 is 4.74 Å². The van der Waals surface area contributed by atoms with Gasteiger partial charge in [-0.3, -0.25) is 4.90 Å². The van der Waals surface area contributed by atoms with Crippen molar-refractivity contribution in [3.63, 3.8) is 0 Å². The summed E-state index contributed by atoms with van der Waals surface area (Å²) >= 11 is 5.87. The molecule has 0 bridgehead atoms. The first-order valence-corrected chi connectivity index (χ1v) is 8.27. The van der Waals surface area contributed by atoms with Crippen LogP contribution in [0.2, 0.25) is 5.02 Å². The van der Waals surface area contributed by atoms with Crippen molar-refractivity contribution in [3.05, 3.63) is 52.4 Å². The van der Waals surface area contributed by atoms with Gasteiger partial charge in [-0.15, -0.1) is 0 Å². The van der Waals surface area contributed by atoms with Gasteiger partial charge in [-0.2, -0.15) is 0 Å². The van der Waals surface area contributed by atoms with E-state index in [0.717, 1.165) is 36.8 Å². The number of β-amino-alcohol motifs (C(OH)–C–C–N with tert-alkyl or cyclic N) is 1. The minimum Gasteiger partial charge on any atom is -0.488 e. The van der Waals surface area contributed by atoms with Gasteiger partial charge in [0.1, 0.15) is 29.5 Å². The van der Waals surface area contributed by atoms with Crippen LogP contribution in [-0.2, 0) is 6.54 Å². The van der Waals surface area contributed by atoms with Gasteiger partial charge in [-0.05, 0) is 56.2 Å². The van der Waals surface area contributed by atoms with Gasteiger partial charge in [0.05, 0.1) is 6.54 Å². The maximum absolute atomic E-state index is 10.4. The molecule has 2 atom stereocenters. The van der Waals surface area contributed by atoms with Crippen LogP contribution in [0, 0.1) is 13.8 Å². The van der Waals surface area contributed by atoms with E-state index < -0.39 is 6.10 Å². The van der Waals surface area contributed by atoms with Crippen LogP contribution in [0.3, 0.4) is 0 Å². The molecule has 1 aromatic heterocycles. The Morgan fingerprint density at radius 3 is 2.65 bits per heavy atom. The highest BCUT2D eigenvalue weighted by Crippen LogP contribution is 2.23. The zero-order chi connectivity index (χ0) is 16.4. The Labute approximate surface area is 141 Å². The lowest BCUT2D eigenvalue weighted by Crippen LogP contribution is -2.48. The van der Waals surface area contributed by atoms with E-state index in [1.807, 2.05) is 26.0 Å². The van der Waals surface area contributed by atoms with E-state index in [2.05, 4.69) is 11.0 Å². The van der Waals surface area contributed by atoms with Gasteiger partial charge in [0, 0.05) is 18.1 Å². The summed E-state index contributed by atoms with van der Waals surface area (Å²) in [7, 11) is 0. The molecule has 0 amide bonds. The van der Waals surface area contributed by atoms with Crippen molar-refractivity contribution >= 4 is 11.6 Å². The molecule has 1 aliphatic rings. The number of aliphatic hydroxyl groups is 1. The number of benzene rings is 1. The van der Waals surface area contributed by atoms with Gasteiger partial charge in [-0.1, -0.05) is 11.6 Å². The van der Waals surface area contributed by atoms with Crippen molar-refractivity contribution in [1.29, 1.82) is 0 Å². The molecule has 1 fully saturated rings. The first-order valence-electron chi connectivity index (χ1n) is 7.90. The summed E-state index contributed by atoms with van der Waals surface area (Å²) in [6, 6.07) is 9.31. The Morgan fingerprint density at radius 2 is 2.04 bits per heavy atom. The summed E-state index contributed by atoms with van der Waals surface area (Å²) in [5.74, 6) is 2.65. The van der Waals surface area contributed by atoms with Crippen LogP contribution >= 0.6 is 11.6 Å². The van der Waals surface area contributed by atoms with Gasteiger partial charge >= 0.3 is 0 Å². The average Bonchev–Trinajstić information content (AvgIpc) is 2.82. The molecular weight excluding hydrogens is 314 g/mol. The van der Waals surface area contributed by atoms with Crippen molar-refractivity contribution in [3.8, 4) is 5.75 Å². The Hall–Kier alpha value is -1.49. The number of rotatable bonds is 4. The number of likely N-dealkylation sites (tertiary alicyclic amines) is 1. The molecule has 4 nitrogen and oxygen atoms in total. The maximum atomic E-state index is 10.4. The molecule has 0 saturated carbocycles. The quantitative estimate of drug-likeness (QED) is 0.928. The molecule has 0 radical (unpaired) electrons. The molecule has 0 spiro atoms. The number of ether oxygens (including phenoxy) is 1. The molecule has 124 valence electrons. The summed E-state index contributed by atoms with van der Waals surface area (Å²) in [5.41, 5.74) is 1.17. The number of halogens is 1. The number of furan rings is 1. The SMILES string of the molecule is Cc1cc(CN2CC[C@@H](Oc3ccc(Cl)cc3)[C@H](O)C2)oc1C. The van der Waals surface area contributed by atoms with Gasteiger partial charge in [0.15, 0.2) is 0 Å². The van der Waals surface area contributed by atoms with Gasteiger partial charge in [0.25, 0.3) is 0 Å². The lowest BCUT2D eigenvalue weighted by Gasteiger charge is -2.35. The standard InChI is InChI=1S/C18H22ClNO3/c1-12-9-16(22-13(12)2)10-20-8-7-18(17(21)11-20)23-15-5-3-14(19)4-6-15/h3-6,9,17-18,21H,7-8,10-11H2,1-2H3/t17-,18-/m1/s1. The number of piperidine rings is 1. The van der Waals surface area contributed by atoms with Crippen molar-refractivity contribution in [2.75, 3.05) is 13.1 Å². The Kier molecular flexibility index (Phi) is 4.95. The van der Waals surface area contributed by atoms with Crippen LogP contribution in [0.4, 0.5) is 0 Å². The predicted molar refractivity (Wildman–Crippen MR) is 90.0 cm³/mol. The van der Waals surface area contributed by atoms with Gasteiger partial charge < -0.3 is 14.3 Å². The molecule has 5 heteroatoms. The van der Waals surface area contributed by atoms with Crippen LogP contribution in [0.25, 0.3) is 0 Å². The van der Waals surface area contributed by atoms with Gasteiger partial charge in [-0.25, -0.2) is 0 Å². The molecular formula is C18H22ClNO3. The number of aliphatic hydroxyl groups excluding tert-OH is 1. The highest BCUT2D eigenvalue weighted by molar-refractivity contribution is 6.30. The van der Waals surface area contributed by atoms with Crippen LogP contribution in [0.1, 0.15) is 23.5 Å². The molecule has 23 heavy (non-hydrogen) atoms. The monoisotopic (exact) mass is 335 g/mol. The van der Waals surface area contributed by atoms with Crippen molar-refractivity contribution in [2.45, 2.75) is 39.0 Å². The maximum Gasteiger partial charge on any atom is 0.127 e. The van der Waals surface area contributed by atoms with E-state index in [1.165, 1.54) is 5.56 Å². The largest absolute Gasteiger partial charge is 0.488 e. The minimum absolute atomic E-state index is 0.188. The lowest BCUT2D eigenvalue weighted by atomic mass is 10.0. The second-order valence-corrected chi connectivity index (χ2v) is 6.59. The number of hydrogen-bond donors (Lipinski definition) is 1. The second-order valence-electron chi connectivity index (χ2n) is 6.15. The van der Waals surface area contributed by atoms with Crippen LogP contribution in [0.15, 0.2) is 34.7 Å². The van der Waals surface area contributed by atoms with Crippen molar-refractivity contribution < 1.29 is 14.3 Å². The lowest BCUT2D eigenvalue weighted by molar-refractivity contribution is -0.0289. The Bertz CT molecular complexity index is 633. The van der Waals surface area contributed by atoms with Crippen molar-refractivity contribution in [1.82, 2.24) is 4.90 Å². The Morgan fingerprint density at radius 1 is 1.30 bits per heavy atom. The van der Waals surface area contributed by atoms with E-state index in [0.29, 0.717) is 11.6 Å². The predicted octanol–water partition coefficient (Wildman–Crippen LogP) is 3.56. The average molecular weight is 336 g/mol. The zero-order valence-corrected chi connectivity index (χ0v) is 14.2. The van der Waals surface area contributed by atoms with E-state index in [9.17, 15) is 5.11 Å². The minimum atomic E-state index is -0.517. The molecule has 1 aromatic carbocycles. The third-order valence-electron chi connectivity index (χ3n) is 4.30. The summed E-state index contributed by atoms with van der Waals surface area (Å²) in [6.07, 6.45) is 0.0757. The molecule has 1 N–H and O–H groups in total. The van der Waals surface area contributed by atoms with E-state index in [1.54, 1.807) is 12.1 Å². The number of hydrogen-bond acceptors (Lipinski definition) is 4. The summed E-state index contributed by atoms with van der Waals surface area (Å²) in [6.45, 7) is 6.19. The first kappa shape index (κ1) is 16.4. The van der Waals surface area contributed by atoms with Crippen LogP contribution in [-0.4, -0.2) is 35.3 Å². The highest BCUT2D eigenvalue weighted by atomic mass is 35.5. The molecule has 1 saturated heterocycles. The summed E-state index contributed by atoms with van der Waals surface area (Å²) in [5, 5.41) is 11.0. The molecule has 0 unspecified atom stereocenters. The molecule has 0 aliphatic carbocycles. The number of nitrogens with zero attached hydrogens (tertiary/aromatic N) is 1. The first-order chi connectivity index (χ1) is 11.0. The van der Waals surface area contributed by atoms with E-state index >= 15 is 0 Å². The summed E-state index contributed by atoms with van der Waals surface area (Å²) < 4.78 is 11.6. The number of aryl methyl sites for hydroxylation is 2. The molecule has 3 rings (SSSR count). The zero-order valence-electron chi connectivity index (χ0n) is 13.5. The fourth-order valence-corrected chi connectivity index (χ4v) is 3.02. The van der Waals surface area contributed by atoms with Crippen molar-refractivity contribution in [2.24, 2.45) is 0 Å². The van der Waals surface area contributed by atoms with Gasteiger partial charge in [0.2, 0.25) is 0 Å². The summed E-state index contributed by atoms with van der Waals surface area (Å²) in [4.78, 5) is 2.20. The fraction of sp³-hybridized carbons (Fsp3) is 0.444. The topological polar surface area (TPSA) is 45.8 Å². The molecule has 2 heterocycles. The molecule has 1 aliphatic heterocycles.